The topological polar surface area (TPSA) is 72.5 Å². The third-order valence-electron chi connectivity index (χ3n) is 3.92. The first-order valence-corrected chi connectivity index (χ1v) is 7.28. The molecule has 124 valence electrons. The minimum Gasteiger partial charge on any atom is -0.467 e. The summed E-state index contributed by atoms with van der Waals surface area (Å²) in [6.07, 6.45) is 1.88. The molecule has 2 atom stereocenters. The molecule has 1 aliphatic rings. The molecule has 0 bridgehead atoms. The Kier molecular flexibility index (Phi) is 5.41. The Morgan fingerprint density at radius 3 is 2.65 bits per heavy atom. The van der Waals surface area contributed by atoms with Gasteiger partial charge in [-0.05, 0) is 37.0 Å². The first kappa shape index (κ1) is 17.1. The Morgan fingerprint density at radius 1 is 1.30 bits per heavy atom. The van der Waals surface area contributed by atoms with Crippen LogP contribution in [0.3, 0.4) is 0 Å². The van der Waals surface area contributed by atoms with Gasteiger partial charge in [0.05, 0.1) is 7.11 Å². The number of Topliss-reactive ketones (excluding diaryl/α,β-unsaturated/α-hetero) is 1. The lowest BCUT2D eigenvalue weighted by molar-refractivity contribution is -0.145. The fraction of sp³-hybridized carbons (Fsp3) is 0.438. The molecule has 1 fully saturated rings. The van der Waals surface area contributed by atoms with Gasteiger partial charge < -0.3 is 10.1 Å². The average molecular weight is 325 g/mol. The van der Waals surface area contributed by atoms with E-state index < -0.39 is 29.6 Å². The van der Waals surface area contributed by atoms with Gasteiger partial charge in [0, 0.05) is 18.4 Å². The molecule has 1 amide bonds. The van der Waals surface area contributed by atoms with E-state index in [0.29, 0.717) is 19.3 Å². The summed E-state index contributed by atoms with van der Waals surface area (Å²) in [5.74, 6) is -3.95. The Balaban J connectivity index is 2.16. The third-order valence-corrected chi connectivity index (χ3v) is 3.92. The van der Waals surface area contributed by atoms with E-state index in [4.69, 9.17) is 0 Å². The van der Waals surface area contributed by atoms with Gasteiger partial charge in [0.2, 0.25) is 0 Å². The maximum atomic E-state index is 13.2. The first-order chi connectivity index (χ1) is 10.9. The van der Waals surface area contributed by atoms with Crippen LogP contribution in [0, 0.1) is 17.6 Å². The molecule has 0 saturated heterocycles. The molecule has 23 heavy (non-hydrogen) atoms. The zero-order chi connectivity index (χ0) is 17.0. The van der Waals surface area contributed by atoms with E-state index in [1.807, 2.05) is 0 Å². The van der Waals surface area contributed by atoms with Gasteiger partial charge in [0.15, 0.2) is 11.6 Å². The number of nitrogens with one attached hydrogen (secondary N) is 1. The highest BCUT2D eigenvalue weighted by Gasteiger charge is 2.34. The van der Waals surface area contributed by atoms with Gasteiger partial charge in [0.1, 0.15) is 11.8 Å². The summed E-state index contributed by atoms with van der Waals surface area (Å²) in [5, 5.41) is 2.47. The molecule has 1 aliphatic carbocycles. The number of methoxy groups -OCH3 is 1. The molecule has 1 N–H and O–H groups in total. The van der Waals surface area contributed by atoms with Gasteiger partial charge in [0.25, 0.3) is 5.91 Å². The fourth-order valence-corrected chi connectivity index (χ4v) is 2.70. The number of carbonyl (C=O) groups is 3. The maximum absolute atomic E-state index is 13.2. The SMILES string of the molecule is COC(=O)[C@@H](NC(=O)c1ccc(F)c(F)c1)[C@H]1CCCC(=O)C1. The maximum Gasteiger partial charge on any atom is 0.328 e. The highest BCUT2D eigenvalue weighted by molar-refractivity contribution is 5.97. The summed E-state index contributed by atoms with van der Waals surface area (Å²) < 4.78 is 30.8. The second kappa shape index (κ2) is 7.30. The molecule has 0 spiro atoms. The normalized spacial score (nSPS) is 19.1. The van der Waals surface area contributed by atoms with Crippen LogP contribution in [-0.2, 0) is 14.3 Å². The van der Waals surface area contributed by atoms with E-state index in [1.165, 1.54) is 7.11 Å². The Bertz CT molecular complexity index is 633. The first-order valence-electron chi connectivity index (χ1n) is 7.28. The number of amides is 1. The fourth-order valence-electron chi connectivity index (χ4n) is 2.70. The van der Waals surface area contributed by atoms with Crippen LogP contribution in [0.15, 0.2) is 18.2 Å². The summed E-state index contributed by atoms with van der Waals surface area (Å²) >= 11 is 0. The number of ketones is 1. The van der Waals surface area contributed by atoms with E-state index in [0.717, 1.165) is 18.2 Å². The van der Waals surface area contributed by atoms with Crippen LogP contribution in [0.4, 0.5) is 8.78 Å². The zero-order valence-corrected chi connectivity index (χ0v) is 12.6. The highest BCUT2D eigenvalue weighted by Crippen LogP contribution is 2.25. The quantitative estimate of drug-likeness (QED) is 0.860. The van der Waals surface area contributed by atoms with Crippen LogP contribution in [0.2, 0.25) is 0 Å². The minimum atomic E-state index is -1.15. The Hall–Kier alpha value is -2.31. The van der Waals surface area contributed by atoms with Crippen molar-refractivity contribution in [3.8, 4) is 0 Å². The van der Waals surface area contributed by atoms with E-state index in [-0.39, 0.29) is 23.7 Å². The molecule has 0 heterocycles. The lowest BCUT2D eigenvalue weighted by Crippen LogP contribution is -2.48. The molecule has 2 rings (SSSR count). The van der Waals surface area contributed by atoms with Crippen molar-refractivity contribution in [2.75, 3.05) is 7.11 Å². The van der Waals surface area contributed by atoms with Crippen LogP contribution in [0.1, 0.15) is 36.0 Å². The number of hydrogen-bond acceptors (Lipinski definition) is 4. The summed E-state index contributed by atoms with van der Waals surface area (Å²) in [7, 11) is 1.18. The molecule has 1 saturated carbocycles. The van der Waals surface area contributed by atoms with Crippen molar-refractivity contribution in [2.45, 2.75) is 31.7 Å². The number of hydrogen-bond donors (Lipinski definition) is 1. The van der Waals surface area contributed by atoms with Crippen molar-refractivity contribution in [3.63, 3.8) is 0 Å². The molecular weight excluding hydrogens is 308 g/mol. The van der Waals surface area contributed by atoms with Crippen molar-refractivity contribution in [3.05, 3.63) is 35.4 Å². The van der Waals surface area contributed by atoms with Crippen molar-refractivity contribution in [1.82, 2.24) is 5.32 Å². The van der Waals surface area contributed by atoms with Crippen LogP contribution >= 0.6 is 0 Å². The van der Waals surface area contributed by atoms with Crippen molar-refractivity contribution >= 4 is 17.7 Å². The van der Waals surface area contributed by atoms with E-state index in [2.05, 4.69) is 10.1 Å². The lowest BCUT2D eigenvalue weighted by atomic mass is 9.83. The van der Waals surface area contributed by atoms with E-state index in [9.17, 15) is 23.2 Å². The second-order valence-electron chi connectivity index (χ2n) is 5.50. The molecular formula is C16H17F2NO4. The van der Waals surface area contributed by atoms with Gasteiger partial charge in [-0.15, -0.1) is 0 Å². The number of esters is 1. The van der Waals surface area contributed by atoms with E-state index in [1.54, 1.807) is 0 Å². The standard InChI is InChI=1S/C16H17F2NO4/c1-23-16(22)14(9-3-2-4-11(20)7-9)19-15(21)10-5-6-12(17)13(18)8-10/h5-6,8-9,14H,2-4,7H2,1H3,(H,19,21)/t9-,14-/m0/s1. The van der Waals surface area contributed by atoms with Crippen molar-refractivity contribution in [2.24, 2.45) is 5.92 Å². The minimum absolute atomic E-state index is 0.0252. The van der Waals surface area contributed by atoms with Crippen LogP contribution < -0.4 is 5.32 Å². The molecule has 1 aromatic rings. The van der Waals surface area contributed by atoms with Gasteiger partial charge in [-0.3, -0.25) is 9.59 Å². The number of carbonyl (C=O) groups excluding carboxylic acids is 3. The predicted octanol–water partition coefficient (Wildman–Crippen LogP) is 2.00. The van der Waals surface area contributed by atoms with Crippen molar-refractivity contribution < 1.29 is 27.9 Å². The summed E-state index contributed by atoms with van der Waals surface area (Å²) in [6.45, 7) is 0. The molecule has 7 heteroatoms. The predicted molar refractivity (Wildman–Crippen MR) is 76.6 cm³/mol. The number of benzene rings is 1. The smallest absolute Gasteiger partial charge is 0.328 e. The molecule has 0 radical (unpaired) electrons. The molecule has 5 nitrogen and oxygen atoms in total. The van der Waals surface area contributed by atoms with Crippen LogP contribution in [0.5, 0.6) is 0 Å². The molecule has 0 unspecified atom stereocenters. The summed E-state index contributed by atoms with van der Waals surface area (Å²) in [6, 6.07) is 1.71. The number of ether oxygens (including phenoxy) is 1. The van der Waals surface area contributed by atoms with Gasteiger partial charge >= 0.3 is 5.97 Å². The average Bonchev–Trinajstić information content (AvgIpc) is 2.54. The monoisotopic (exact) mass is 325 g/mol. The van der Waals surface area contributed by atoms with Crippen LogP contribution in [0.25, 0.3) is 0 Å². The highest BCUT2D eigenvalue weighted by atomic mass is 19.2. The second-order valence-corrected chi connectivity index (χ2v) is 5.50. The largest absolute Gasteiger partial charge is 0.467 e. The lowest BCUT2D eigenvalue weighted by Gasteiger charge is -2.28. The number of halogens is 2. The molecule has 0 aromatic heterocycles. The summed E-state index contributed by atoms with van der Waals surface area (Å²) in [5.41, 5.74) is -0.111. The summed E-state index contributed by atoms with van der Waals surface area (Å²) in [4.78, 5) is 35.7. The van der Waals surface area contributed by atoms with Gasteiger partial charge in [-0.1, -0.05) is 0 Å². The molecule has 1 aromatic carbocycles. The van der Waals surface area contributed by atoms with Crippen molar-refractivity contribution in [1.29, 1.82) is 0 Å². The Labute approximate surface area is 132 Å². The Morgan fingerprint density at radius 2 is 2.04 bits per heavy atom. The third kappa shape index (κ3) is 4.12. The number of rotatable bonds is 4. The molecule has 0 aliphatic heterocycles. The van der Waals surface area contributed by atoms with E-state index >= 15 is 0 Å². The van der Waals surface area contributed by atoms with Gasteiger partial charge in [-0.25, -0.2) is 13.6 Å². The van der Waals surface area contributed by atoms with Crippen LogP contribution in [-0.4, -0.2) is 30.8 Å². The zero-order valence-electron chi connectivity index (χ0n) is 12.6. The van der Waals surface area contributed by atoms with Gasteiger partial charge in [-0.2, -0.15) is 0 Å².